The second-order valence-corrected chi connectivity index (χ2v) is 5.37. The topological polar surface area (TPSA) is 88.1 Å². The van der Waals surface area contributed by atoms with Gasteiger partial charge in [-0.05, 0) is 0 Å². The standard InChI is InChI=1S/C5H8O4.C5H10O3Si/c1-4(6)8-3-9-5(2)7;1-4(6)8-9-5-2-7-3-5/h3H2,1-2H3;5H,2-3,9H2,1H3. The predicted molar refractivity (Wildman–Crippen MR) is 63.3 cm³/mol. The molecule has 1 aliphatic heterocycles. The average Bonchev–Trinajstić information content (AvgIpc) is 2.14. The smallest absolute Gasteiger partial charge is 0.305 e. The molecule has 0 aromatic carbocycles. The summed E-state index contributed by atoms with van der Waals surface area (Å²) in [5.74, 6) is -1.07. The molecule has 1 fully saturated rings. The largest absolute Gasteiger partial charge is 0.525 e. The molecule has 0 bridgehead atoms. The van der Waals surface area contributed by atoms with Gasteiger partial charge in [-0.15, -0.1) is 0 Å². The number of ether oxygens (including phenoxy) is 3. The number of hydrogen-bond donors (Lipinski definition) is 0. The first-order valence-electron chi connectivity index (χ1n) is 5.39. The lowest BCUT2D eigenvalue weighted by Crippen LogP contribution is -2.29. The maximum Gasteiger partial charge on any atom is 0.305 e. The van der Waals surface area contributed by atoms with Crippen LogP contribution < -0.4 is 0 Å². The Morgan fingerprint density at radius 1 is 1.06 bits per heavy atom. The maximum atomic E-state index is 10.3. The molecular weight excluding hydrogens is 260 g/mol. The van der Waals surface area contributed by atoms with Gasteiger partial charge in [0.1, 0.15) is 0 Å². The van der Waals surface area contributed by atoms with Crippen LogP contribution in [0, 0.1) is 0 Å². The van der Waals surface area contributed by atoms with Crippen molar-refractivity contribution in [3.05, 3.63) is 0 Å². The van der Waals surface area contributed by atoms with Crippen LogP contribution in [0.2, 0.25) is 5.54 Å². The van der Waals surface area contributed by atoms with Crippen molar-refractivity contribution < 1.29 is 33.0 Å². The summed E-state index contributed by atoms with van der Waals surface area (Å²) in [6.07, 6.45) is 0. The molecule has 18 heavy (non-hydrogen) atoms. The number of rotatable bonds is 4. The van der Waals surface area contributed by atoms with Gasteiger partial charge in [-0.3, -0.25) is 14.4 Å². The van der Waals surface area contributed by atoms with Crippen LogP contribution in [0.15, 0.2) is 0 Å². The van der Waals surface area contributed by atoms with Crippen molar-refractivity contribution in [2.24, 2.45) is 0 Å². The lowest BCUT2D eigenvalue weighted by atomic mass is 10.4. The van der Waals surface area contributed by atoms with E-state index in [2.05, 4.69) is 9.47 Å². The van der Waals surface area contributed by atoms with E-state index in [9.17, 15) is 14.4 Å². The Labute approximate surface area is 108 Å². The summed E-state index contributed by atoms with van der Waals surface area (Å²) in [7, 11) is -0.600. The van der Waals surface area contributed by atoms with Gasteiger partial charge in [0.2, 0.25) is 16.6 Å². The summed E-state index contributed by atoms with van der Waals surface area (Å²) in [4.78, 5) is 30.3. The fraction of sp³-hybridized carbons (Fsp3) is 0.700. The van der Waals surface area contributed by atoms with Crippen LogP contribution in [0.4, 0.5) is 0 Å². The lowest BCUT2D eigenvalue weighted by Gasteiger charge is -2.24. The third kappa shape index (κ3) is 11.1. The maximum absolute atomic E-state index is 10.3. The molecule has 0 aromatic rings. The lowest BCUT2D eigenvalue weighted by molar-refractivity contribution is -0.164. The Balaban J connectivity index is 0.000000321. The summed E-state index contributed by atoms with van der Waals surface area (Å²) in [6.45, 7) is 5.25. The quantitative estimate of drug-likeness (QED) is 0.390. The van der Waals surface area contributed by atoms with E-state index >= 15 is 0 Å². The highest BCUT2D eigenvalue weighted by atomic mass is 28.2. The van der Waals surface area contributed by atoms with Gasteiger partial charge >= 0.3 is 11.9 Å². The Morgan fingerprint density at radius 3 is 1.83 bits per heavy atom. The van der Waals surface area contributed by atoms with Crippen LogP contribution >= 0.6 is 0 Å². The van der Waals surface area contributed by atoms with Gasteiger partial charge in [0, 0.05) is 26.3 Å². The highest BCUT2D eigenvalue weighted by Gasteiger charge is 2.20. The van der Waals surface area contributed by atoms with Crippen LogP contribution in [-0.2, 0) is 33.0 Å². The molecule has 7 nitrogen and oxygen atoms in total. The summed E-state index contributed by atoms with van der Waals surface area (Å²) in [5.41, 5.74) is 0.592. The van der Waals surface area contributed by atoms with Gasteiger partial charge in [-0.25, -0.2) is 0 Å². The van der Waals surface area contributed by atoms with Crippen LogP contribution in [0.1, 0.15) is 20.8 Å². The normalized spacial score (nSPS) is 14.2. The van der Waals surface area contributed by atoms with Gasteiger partial charge < -0.3 is 18.6 Å². The third-order valence-electron chi connectivity index (χ3n) is 1.75. The molecule has 0 amide bonds. The first-order chi connectivity index (χ1) is 8.41. The van der Waals surface area contributed by atoms with E-state index in [0.717, 1.165) is 13.2 Å². The van der Waals surface area contributed by atoms with E-state index in [1.807, 2.05) is 0 Å². The first kappa shape index (κ1) is 16.6. The fourth-order valence-electron chi connectivity index (χ4n) is 0.811. The molecule has 1 saturated heterocycles. The summed E-state index contributed by atoms with van der Waals surface area (Å²) in [6, 6.07) is 0. The molecule has 1 heterocycles. The fourth-order valence-corrected chi connectivity index (χ4v) is 1.81. The van der Waals surface area contributed by atoms with Crippen LogP contribution in [0.5, 0.6) is 0 Å². The van der Waals surface area contributed by atoms with Crippen molar-refractivity contribution in [1.29, 1.82) is 0 Å². The van der Waals surface area contributed by atoms with Crippen LogP contribution in [0.3, 0.4) is 0 Å². The molecule has 0 N–H and O–H groups in total. The molecule has 104 valence electrons. The Morgan fingerprint density at radius 2 is 1.56 bits per heavy atom. The van der Waals surface area contributed by atoms with Gasteiger partial charge in [-0.2, -0.15) is 0 Å². The van der Waals surface area contributed by atoms with E-state index in [1.165, 1.54) is 20.8 Å². The Bertz CT molecular complexity index is 274. The number of esters is 2. The first-order valence-corrected chi connectivity index (χ1v) is 6.79. The molecule has 0 spiro atoms. The van der Waals surface area contributed by atoms with Crippen molar-refractivity contribution in [3.8, 4) is 0 Å². The van der Waals surface area contributed by atoms with Crippen molar-refractivity contribution in [2.45, 2.75) is 26.3 Å². The molecule has 1 rings (SSSR count). The molecule has 0 saturated carbocycles. The minimum Gasteiger partial charge on any atom is -0.525 e. The minimum absolute atomic E-state index is 0.145. The summed E-state index contributed by atoms with van der Waals surface area (Å²) >= 11 is 0. The minimum atomic E-state index is -0.600. The van der Waals surface area contributed by atoms with E-state index < -0.39 is 21.7 Å². The van der Waals surface area contributed by atoms with Crippen molar-refractivity contribution in [1.82, 2.24) is 0 Å². The van der Waals surface area contributed by atoms with Gasteiger partial charge in [0.05, 0.1) is 13.2 Å². The van der Waals surface area contributed by atoms with Gasteiger partial charge in [0.25, 0.3) is 5.97 Å². The number of carbonyl (C=O) groups excluding carboxylic acids is 3. The van der Waals surface area contributed by atoms with Crippen molar-refractivity contribution >= 4 is 27.7 Å². The monoisotopic (exact) mass is 278 g/mol. The molecular formula is C10H18O7Si. The average molecular weight is 278 g/mol. The molecule has 0 radical (unpaired) electrons. The zero-order valence-corrected chi connectivity index (χ0v) is 12.2. The zero-order chi connectivity index (χ0) is 14.0. The SMILES string of the molecule is CC(=O)OCOC(C)=O.CC(=O)O[SiH2]C1COC1. The number of carbonyl (C=O) groups is 3. The van der Waals surface area contributed by atoms with E-state index in [-0.39, 0.29) is 12.8 Å². The Kier molecular flexibility index (Phi) is 8.85. The molecule has 1 aliphatic rings. The summed E-state index contributed by atoms with van der Waals surface area (Å²) < 4.78 is 18.3. The van der Waals surface area contributed by atoms with E-state index in [1.54, 1.807) is 0 Å². The highest BCUT2D eigenvalue weighted by molar-refractivity contribution is 6.33. The summed E-state index contributed by atoms with van der Waals surface area (Å²) in [5, 5.41) is 0. The predicted octanol–water partition coefficient (Wildman–Crippen LogP) is -0.478. The second-order valence-electron chi connectivity index (χ2n) is 3.60. The van der Waals surface area contributed by atoms with E-state index in [0.29, 0.717) is 5.54 Å². The van der Waals surface area contributed by atoms with Crippen molar-refractivity contribution in [3.63, 3.8) is 0 Å². The highest BCUT2D eigenvalue weighted by Crippen LogP contribution is 2.14. The third-order valence-corrected chi connectivity index (χ3v) is 3.27. The second kappa shape index (κ2) is 9.60. The molecule has 0 aromatic heterocycles. The van der Waals surface area contributed by atoms with Crippen molar-refractivity contribution in [2.75, 3.05) is 20.0 Å². The molecule has 0 aliphatic carbocycles. The molecule has 0 atom stereocenters. The van der Waals surface area contributed by atoms with Crippen LogP contribution in [0.25, 0.3) is 0 Å². The van der Waals surface area contributed by atoms with Gasteiger partial charge in [-0.1, -0.05) is 0 Å². The Hall–Kier alpha value is -1.41. The van der Waals surface area contributed by atoms with Crippen LogP contribution in [-0.4, -0.2) is 47.7 Å². The van der Waals surface area contributed by atoms with Gasteiger partial charge in [0.15, 0.2) is 0 Å². The molecule has 0 unspecified atom stereocenters. The van der Waals surface area contributed by atoms with E-state index in [4.69, 9.17) is 9.16 Å². The molecule has 8 heteroatoms. The zero-order valence-electron chi connectivity index (χ0n) is 10.8. The number of hydrogen-bond acceptors (Lipinski definition) is 7.